The first kappa shape index (κ1) is 13.9. The Morgan fingerprint density at radius 1 is 1.29 bits per heavy atom. The van der Waals surface area contributed by atoms with Crippen LogP contribution in [0.25, 0.3) is 0 Å². The summed E-state index contributed by atoms with van der Waals surface area (Å²) >= 11 is 5.83. The predicted molar refractivity (Wildman–Crippen MR) is 75.1 cm³/mol. The predicted octanol–water partition coefficient (Wildman–Crippen LogP) is 1.81. The van der Waals surface area contributed by atoms with Gasteiger partial charge in [0.1, 0.15) is 5.92 Å². The van der Waals surface area contributed by atoms with Crippen LogP contribution in [0.15, 0.2) is 24.3 Å². The molecule has 1 aliphatic carbocycles. The van der Waals surface area contributed by atoms with Crippen molar-refractivity contribution >= 4 is 23.2 Å². The van der Waals surface area contributed by atoms with Gasteiger partial charge >= 0.3 is 0 Å². The Labute approximate surface area is 126 Å². The number of hydrogen-bond donors (Lipinski definition) is 0. The third kappa shape index (κ3) is 2.71. The number of benzene rings is 1. The minimum Gasteiger partial charge on any atom is -0.298 e. The summed E-state index contributed by atoms with van der Waals surface area (Å²) in [4.78, 5) is 25.2. The fourth-order valence-electron chi connectivity index (χ4n) is 2.24. The summed E-state index contributed by atoms with van der Waals surface area (Å²) in [5.74, 6) is -1.11. The Kier molecular flexibility index (Phi) is 3.55. The van der Waals surface area contributed by atoms with E-state index in [0.717, 1.165) is 12.8 Å². The van der Waals surface area contributed by atoms with E-state index in [1.54, 1.807) is 31.3 Å². The molecule has 2 aromatic rings. The second-order valence-electron chi connectivity index (χ2n) is 5.14. The zero-order valence-corrected chi connectivity index (χ0v) is 12.1. The standard InChI is InChI=1S/C14H13ClN4O2/c1-19-14(16-17-18-19)11(12(20)8-2-3-8)13(21)9-4-6-10(15)7-5-9/h4-8,11H,2-3H2,1H3. The van der Waals surface area contributed by atoms with Gasteiger partial charge in [-0.25, -0.2) is 4.68 Å². The van der Waals surface area contributed by atoms with Crippen LogP contribution in [0.5, 0.6) is 0 Å². The van der Waals surface area contributed by atoms with Crippen molar-refractivity contribution in [2.24, 2.45) is 13.0 Å². The fraction of sp³-hybridized carbons (Fsp3) is 0.357. The lowest BCUT2D eigenvalue weighted by molar-refractivity contribution is -0.120. The summed E-state index contributed by atoms with van der Waals surface area (Å²) in [6.07, 6.45) is 1.66. The number of hydrogen-bond acceptors (Lipinski definition) is 5. The first-order chi connectivity index (χ1) is 10.1. The summed E-state index contributed by atoms with van der Waals surface area (Å²) in [7, 11) is 1.62. The van der Waals surface area contributed by atoms with Crippen LogP contribution in [0.4, 0.5) is 0 Å². The molecule has 0 spiro atoms. The van der Waals surface area contributed by atoms with E-state index in [-0.39, 0.29) is 23.3 Å². The Balaban J connectivity index is 1.98. The number of Topliss-reactive ketones (excluding diaryl/α,β-unsaturated/α-hetero) is 2. The van der Waals surface area contributed by atoms with Crippen LogP contribution in [0.3, 0.4) is 0 Å². The molecule has 0 aliphatic heterocycles. The topological polar surface area (TPSA) is 77.7 Å². The van der Waals surface area contributed by atoms with Crippen molar-refractivity contribution in [3.8, 4) is 0 Å². The third-order valence-corrected chi connectivity index (χ3v) is 3.82. The molecule has 108 valence electrons. The van der Waals surface area contributed by atoms with Gasteiger partial charge in [0.2, 0.25) is 0 Å². The number of carbonyl (C=O) groups excluding carboxylic acids is 2. The number of tetrazole rings is 1. The van der Waals surface area contributed by atoms with Crippen LogP contribution in [0.2, 0.25) is 5.02 Å². The zero-order valence-electron chi connectivity index (χ0n) is 11.4. The molecule has 21 heavy (non-hydrogen) atoms. The molecule has 1 aromatic carbocycles. The molecule has 0 bridgehead atoms. The third-order valence-electron chi connectivity index (χ3n) is 3.57. The second-order valence-corrected chi connectivity index (χ2v) is 5.58. The molecule has 0 amide bonds. The maximum absolute atomic E-state index is 12.7. The Morgan fingerprint density at radius 3 is 2.48 bits per heavy atom. The largest absolute Gasteiger partial charge is 0.298 e. The molecule has 6 nitrogen and oxygen atoms in total. The molecule has 1 atom stereocenters. The van der Waals surface area contributed by atoms with Crippen molar-refractivity contribution in [1.82, 2.24) is 20.2 Å². The first-order valence-corrected chi connectivity index (χ1v) is 7.01. The van der Waals surface area contributed by atoms with E-state index >= 15 is 0 Å². The second kappa shape index (κ2) is 5.37. The van der Waals surface area contributed by atoms with E-state index < -0.39 is 5.92 Å². The van der Waals surface area contributed by atoms with Crippen LogP contribution >= 0.6 is 11.6 Å². The van der Waals surface area contributed by atoms with Crippen molar-refractivity contribution in [1.29, 1.82) is 0 Å². The van der Waals surface area contributed by atoms with E-state index in [1.807, 2.05) is 0 Å². The van der Waals surface area contributed by atoms with Crippen molar-refractivity contribution in [2.75, 3.05) is 0 Å². The number of halogens is 1. The van der Waals surface area contributed by atoms with Crippen molar-refractivity contribution in [2.45, 2.75) is 18.8 Å². The summed E-state index contributed by atoms with van der Waals surface area (Å²) < 4.78 is 1.37. The van der Waals surface area contributed by atoms with Gasteiger partial charge in [0.25, 0.3) is 0 Å². The maximum Gasteiger partial charge on any atom is 0.181 e. The van der Waals surface area contributed by atoms with E-state index in [0.29, 0.717) is 10.6 Å². The van der Waals surface area contributed by atoms with Crippen LogP contribution in [0, 0.1) is 5.92 Å². The maximum atomic E-state index is 12.7. The van der Waals surface area contributed by atoms with Crippen LogP contribution in [-0.2, 0) is 11.8 Å². The molecule has 1 aromatic heterocycles. The summed E-state index contributed by atoms with van der Waals surface area (Å²) in [5, 5.41) is 11.6. The average molecular weight is 305 g/mol. The molecule has 1 heterocycles. The fourth-order valence-corrected chi connectivity index (χ4v) is 2.36. The number of nitrogens with zero attached hydrogens (tertiary/aromatic N) is 4. The van der Waals surface area contributed by atoms with Gasteiger partial charge in [-0.05, 0) is 47.5 Å². The molecular weight excluding hydrogens is 292 g/mol. The SMILES string of the molecule is Cn1nnnc1C(C(=O)c1ccc(Cl)cc1)C(=O)C1CC1. The zero-order chi connectivity index (χ0) is 15.0. The van der Waals surface area contributed by atoms with Crippen molar-refractivity contribution in [3.05, 3.63) is 40.7 Å². The molecular formula is C14H13ClN4O2. The van der Waals surface area contributed by atoms with Crippen molar-refractivity contribution in [3.63, 3.8) is 0 Å². The highest BCUT2D eigenvalue weighted by molar-refractivity contribution is 6.30. The van der Waals surface area contributed by atoms with Gasteiger partial charge in [0.05, 0.1) is 0 Å². The number of aryl methyl sites for hydroxylation is 1. The summed E-state index contributed by atoms with van der Waals surface area (Å²) in [6, 6.07) is 6.48. The van der Waals surface area contributed by atoms with E-state index in [9.17, 15) is 9.59 Å². The van der Waals surface area contributed by atoms with Gasteiger partial charge < -0.3 is 0 Å². The van der Waals surface area contributed by atoms with Crippen LogP contribution in [0.1, 0.15) is 34.9 Å². The van der Waals surface area contributed by atoms with Gasteiger partial charge in [0.15, 0.2) is 17.4 Å². The minimum atomic E-state index is -0.946. The lowest BCUT2D eigenvalue weighted by Crippen LogP contribution is -2.26. The smallest absolute Gasteiger partial charge is 0.181 e. The van der Waals surface area contributed by atoms with E-state index in [2.05, 4.69) is 15.5 Å². The highest BCUT2D eigenvalue weighted by Crippen LogP contribution is 2.36. The van der Waals surface area contributed by atoms with Gasteiger partial charge in [0, 0.05) is 23.6 Å². The summed E-state index contributed by atoms with van der Waals surface area (Å²) in [6.45, 7) is 0. The Bertz CT molecular complexity index is 691. The molecule has 1 fully saturated rings. The quantitative estimate of drug-likeness (QED) is 0.622. The van der Waals surface area contributed by atoms with E-state index in [1.165, 1.54) is 4.68 Å². The average Bonchev–Trinajstić information content (AvgIpc) is 3.24. The van der Waals surface area contributed by atoms with Gasteiger partial charge in [-0.15, -0.1) is 5.10 Å². The first-order valence-electron chi connectivity index (χ1n) is 6.63. The normalized spacial score (nSPS) is 15.7. The number of ketones is 2. The lowest BCUT2D eigenvalue weighted by Gasteiger charge is -2.13. The van der Waals surface area contributed by atoms with Crippen LogP contribution in [-0.4, -0.2) is 31.8 Å². The van der Waals surface area contributed by atoms with Gasteiger partial charge in [-0.3, -0.25) is 9.59 Å². The summed E-state index contributed by atoms with van der Waals surface area (Å²) in [5.41, 5.74) is 0.432. The molecule has 0 N–H and O–H groups in total. The molecule has 1 unspecified atom stereocenters. The van der Waals surface area contributed by atoms with Gasteiger partial charge in [-0.1, -0.05) is 11.6 Å². The molecule has 3 rings (SSSR count). The molecule has 7 heteroatoms. The highest BCUT2D eigenvalue weighted by atomic mass is 35.5. The minimum absolute atomic E-state index is 0.0528. The Hall–Kier alpha value is -2.08. The molecule has 0 saturated heterocycles. The monoisotopic (exact) mass is 304 g/mol. The number of aromatic nitrogens is 4. The molecule has 0 radical (unpaired) electrons. The van der Waals surface area contributed by atoms with Crippen LogP contribution < -0.4 is 0 Å². The van der Waals surface area contributed by atoms with Gasteiger partial charge in [-0.2, -0.15) is 0 Å². The van der Waals surface area contributed by atoms with Crippen molar-refractivity contribution < 1.29 is 9.59 Å². The van der Waals surface area contributed by atoms with E-state index in [4.69, 9.17) is 11.6 Å². The Morgan fingerprint density at radius 2 is 1.95 bits per heavy atom. The molecule has 1 aliphatic rings. The number of rotatable bonds is 5. The lowest BCUT2D eigenvalue weighted by atomic mass is 9.90. The molecule has 1 saturated carbocycles. The highest BCUT2D eigenvalue weighted by Gasteiger charge is 2.41. The number of carbonyl (C=O) groups is 2.